The molecular formula is C105H140N2. The molecule has 0 saturated carbocycles. The second-order valence-corrected chi connectivity index (χ2v) is 33.0. The summed E-state index contributed by atoms with van der Waals surface area (Å²) in [6.07, 6.45) is 45.7. The molecule has 107 heavy (non-hydrogen) atoms. The highest BCUT2D eigenvalue weighted by Crippen LogP contribution is 2.59. The minimum atomic E-state index is -0.455. The van der Waals surface area contributed by atoms with Crippen molar-refractivity contribution < 1.29 is 0 Å². The summed E-state index contributed by atoms with van der Waals surface area (Å²) in [4.78, 5) is 5.32. The van der Waals surface area contributed by atoms with E-state index in [1.165, 1.54) is 337 Å². The fourth-order valence-corrected chi connectivity index (χ4v) is 18.3. The van der Waals surface area contributed by atoms with Crippen molar-refractivity contribution in [1.29, 1.82) is 0 Å². The third kappa shape index (κ3) is 21.3. The largest absolute Gasteiger partial charge is 0.310 e. The van der Waals surface area contributed by atoms with Gasteiger partial charge in [-0.15, -0.1) is 0 Å². The molecule has 9 aromatic rings. The van der Waals surface area contributed by atoms with Crippen molar-refractivity contribution in [3.8, 4) is 33.4 Å². The van der Waals surface area contributed by atoms with Crippen LogP contribution in [0.1, 0.15) is 331 Å². The second-order valence-electron chi connectivity index (χ2n) is 33.0. The number of hydrogen-bond donors (Lipinski definition) is 0. The first kappa shape index (κ1) is 82.1. The Morgan fingerprint density at radius 2 is 0.551 bits per heavy atom. The number of hydrogen-bond acceptors (Lipinski definition) is 2. The third-order valence-electron chi connectivity index (χ3n) is 24.0. The highest BCUT2D eigenvalue weighted by molar-refractivity contribution is 5.92. The van der Waals surface area contributed by atoms with Crippen LogP contribution in [0.25, 0.3) is 33.4 Å². The van der Waals surface area contributed by atoms with Gasteiger partial charge in [0.1, 0.15) is 0 Å². The lowest BCUT2D eigenvalue weighted by molar-refractivity contribution is 0.505. The lowest BCUT2D eigenvalue weighted by Gasteiger charge is -2.36. The minimum Gasteiger partial charge on any atom is -0.310 e. The van der Waals surface area contributed by atoms with E-state index in [0.717, 1.165) is 51.4 Å². The van der Waals surface area contributed by atoms with Crippen LogP contribution in [0.15, 0.2) is 164 Å². The fraction of sp³-hybridized carbons (Fsp3) is 0.486. The van der Waals surface area contributed by atoms with Gasteiger partial charge in [-0.3, -0.25) is 0 Å². The zero-order chi connectivity index (χ0) is 75.5. The van der Waals surface area contributed by atoms with E-state index in [9.17, 15) is 0 Å². The van der Waals surface area contributed by atoms with Crippen LogP contribution in [0, 0.1) is 41.5 Å². The lowest BCUT2D eigenvalue weighted by atomic mass is 9.68. The van der Waals surface area contributed by atoms with Crippen molar-refractivity contribution in [3.63, 3.8) is 0 Å². The van der Waals surface area contributed by atoms with Gasteiger partial charge < -0.3 is 9.80 Å². The highest BCUT2D eigenvalue weighted by Gasteiger charge is 2.46. The van der Waals surface area contributed by atoms with Gasteiger partial charge in [-0.25, -0.2) is 0 Å². The van der Waals surface area contributed by atoms with Crippen LogP contribution in [-0.4, -0.2) is 0 Å². The van der Waals surface area contributed by atoms with Gasteiger partial charge in [0, 0.05) is 28.2 Å². The molecule has 0 radical (unpaired) electrons. The van der Waals surface area contributed by atoms with Crippen LogP contribution in [0.2, 0.25) is 0 Å². The van der Waals surface area contributed by atoms with Crippen LogP contribution in [0.3, 0.4) is 0 Å². The SMILES string of the molecule is CCCCCCCCC1(c2cc(CCCCCC)cc(CCCCCC)c2)c2cc(N(c3ccc(-c4cc(CCCCCC)ccc4CCCCCC)cc3)c3c(C)cc(C)cc3C)ccc2-c2ccc(N(c3ccc(-c4cc(CCCCCC)ccc4CCCCCC)cc3)c3c(C)cc(C)cc3C)cc21. The Balaban J connectivity index is 1.20. The number of rotatable bonds is 46. The van der Waals surface area contributed by atoms with Crippen LogP contribution in [0.4, 0.5) is 34.1 Å². The van der Waals surface area contributed by atoms with Crippen molar-refractivity contribution in [2.75, 3.05) is 9.80 Å². The molecule has 1 aliphatic rings. The van der Waals surface area contributed by atoms with E-state index >= 15 is 0 Å². The molecule has 2 nitrogen and oxygen atoms in total. The number of unbranched alkanes of at least 4 members (excludes halogenated alkanes) is 23. The normalized spacial score (nSPS) is 12.3. The maximum atomic E-state index is 2.74. The summed E-state index contributed by atoms with van der Waals surface area (Å²) in [5, 5.41) is 0. The molecule has 0 amide bonds. The van der Waals surface area contributed by atoms with Crippen LogP contribution >= 0.6 is 0 Å². The number of anilines is 6. The van der Waals surface area contributed by atoms with Crippen molar-refractivity contribution in [2.45, 2.75) is 333 Å². The minimum absolute atomic E-state index is 0.455. The molecule has 0 unspecified atom stereocenters. The summed E-state index contributed by atoms with van der Waals surface area (Å²) in [6.45, 7) is 30.3. The van der Waals surface area contributed by atoms with E-state index in [2.05, 4.69) is 264 Å². The number of fused-ring (bicyclic) bond motifs is 3. The highest BCUT2D eigenvalue weighted by atomic mass is 15.2. The van der Waals surface area contributed by atoms with Crippen molar-refractivity contribution in [3.05, 3.63) is 247 Å². The number of aryl methyl sites for hydroxylation is 12. The predicted octanol–water partition coefficient (Wildman–Crippen LogP) is 32.6. The average molecular weight is 1430 g/mol. The number of benzene rings is 9. The summed E-state index contributed by atoms with van der Waals surface area (Å²) in [5.41, 5.74) is 36.4. The standard InChI is InChI=1S/C105H140N2/c1-14-21-28-35-36-43-66-105(92-72-86(46-39-31-24-17-4)71-87(73-92)47-40-32-25-18-5)101-76-95(106(103-80(10)67-78(8)68-81(103)11)93-58-54-90(55-59-93)99-74-84(44-37-29-22-15-2)50-52-88(99)48-41-33-26-19-6)62-64-97(101)98-65-63-96(77-102(98)105)107(104-82(12)69-79(9)70-83(104)13)94-60-56-91(57-61-94)100-75-85(45-38-30-23-16-3)51-53-89(100)49-42-34-27-20-7/h50-65,67-77H,14-49,66H2,1-13H3. The molecule has 2 heteroatoms. The quantitative estimate of drug-likeness (QED) is 0.0351. The van der Waals surface area contributed by atoms with Crippen LogP contribution in [-0.2, 0) is 43.9 Å². The molecule has 0 aromatic heterocycles. The molecule has 9 aromatic carbocycles. The van der Waals surface area contributed by atoms with E-state index < -0.39 is 5.41 Å². The van der Waals surface area contributed by atoms with E-state index in [0.29, 0.717) is 0 Å². The van der Waals surface area contributed by atoms with E-state index in [1.807, 2.05) is 0 Å². The zero-order valence-corrected chi connectivity index (χ0v) is 69.6. The first-order chi connectivity index (χ1) is 52.3. The number of nitrogens with zero attached hydrogens (tertiary/aromatic N) is 2. The fourth-order valence-electron chi connectivity index (χ4n) is 18.3. The summed E-state index contributed by atoms with van der Waals surface area (Å²) in [7, 11) is 0. The first-order valence-electron chi connectivity index (χ1n) is 43.9. The average Bonchev–Trinajstić information content (AvgIpc) is 1.55. The Morgan fingerprint density at radius 1 is 0.243 bits per heavy atom. The monoisotopic (exact) mass is 1430 g/mol. The molecule has 0 N–H and O–H groups in total. The van der Waals surface area contributed by atoms with E-state index in [1.54, 1.807) is 0 Å². The Morgan fingerprint density at radius 3 is 0.907 bits per heavy atom. The molecular weight excluding hydrogens is 1290 g/mol. The Kier molecular flexibility index (Phi) is 32.2. The topological polar surface area (TPSA) is 6.48 Å². The molecule has 0 saturated heterocycles. The Bertz CT molecular complexity index is 3910. The molecule has 0 atom stereocenters. The van der Waals surface area contributed by atoms with Gasteiger partial charge in [0.25, 0.3) is 0 Å². The van der Waals surface area contributed by atoms with Gasteiger partial charge in [0.2, 0.25) is 0 Å². The maximum absolute atomic E-state index is 2.74. The van der Waals surface area contributed by atoms with Crippen molar-refractivity contribution >= 4 is 34.1 Å². The maximum Gasteiger partial charge on any atom is 0.0520 e. The van der Waals surface area contributed by atoms with Gasteiger partial charge >= 0.3 is 0 Å². The molecule has 1 aliphatic carbocycles. The Labute approximate surface area is 653 Å². The molecule has 0 fully saturated rings. The van der Waals surface area contributed by atoms with E-state index in [4.69, 9.17) is 0 Å². The molecule has 0 heterocycles. The lowest BCUT2D eigenvalue weighted by Crippen LogP contribution is -2.28. The Hall–Kier alpha value is -7.42. The van der Waals surface area contributed by atoms with Crippen molar-refractivity contribution in [1.82, 2.24) is 0 Å². The van der Waals surface area contributed by atoms with Crippen LogP contribution < -0.4 is 9.80 Å². The molecule has 0 bridgehead atoms. The first-order valence-corrected chi connectivity index (χ1v) is 43.9. The van der Waals surface area contributed by atoms with Gasteiger partial charge in [-0.1, -0.05) is 329 Å². The third-order valence-corrected chi connectivity index (χ3v) is 24.0. The zero-order valence-electron chi connectivity index (χ0n) is 69.6. The van der Waals surface area contributed by atoms with Crippen molar-refractivity contribution in [2.24, 2.45) is 0 Å². The molecule has 0 spiro atoms. The van der Waals surface area contributed by atoms with E-state index in [-0.39, 0.29) is 0 Å². The summed E-state index contributed by atoms with van der Waals surface area (Å²) in [6, 6.07) is 68.0. The summed E-state index contributed by atoms with van der Waals surface area (Å²) < 4.78 is 0. The van der Waals surface area contributed by atoms with Gasteiger partial charge in [-0.2, -0.15) is 0 Å². The molecule has 10 rings (SSSR count). The van der Waals surface area contributed by atoms with Gasteiger partial charge in [0.15, 0.2) is 0 Å². The smallest absolute Gasteiger partial charge is 0.0520 e. The summed E-state index contributed by atoms with van der Waals surface area (Å²) in [5.74, 6) is 0. The second kappa shape index (κ2) is 42.0. The van der Waals surface area contributed by atoms with Gasteiger partial charge in [-0.05, 0) is 279 Å². The molecule has 570 valence electrons. The van der Waals surface area contributed by atoms with Gasteiger partial charge in [0.05, 0.1) is 11.4 Å². The predicted molar refractivity (Wildman–Crippen MR) is 472 cm³/mol. The summed E-state index contributed by atoms with van der Waals surface area (Å²) >= 11 is 0. The van der Waals surface area contributed by atoms with Crippen LogP contribution in [0.5, 0.6) is 0 Å². The molecule has 0 aliphatic heterocycles.